The van der Waals surface area contributed by atoms with E-state index in [4.69, 9.17) is 10.8 Å². The van der Waals surface area contributed by atoms with Crippen LogP contribution in [0.2, 0.25) is 0 Å². The number of pyridine rings is 1. The van der Waals surface area contributed by atoms with E-state index >= 15 is 0 Å². The maximum atomic E-state index is 8.51. The Morgan fingerprint density at radius 2 is 2.38 bits per heavy atom. The minimum absolute atomic E-state index is 0.0843. The van der Waals surface area contributed by atoms with Crippen molar-refractivity contribution >= 4 is 5.69 Å². The lowest BCUT2D eigenvalue weighted by molar-refractivity contribution is 0.305. The van der Waals surface area contributed by atoms with Crippen molar-refractivity contribution in [3.8, 4) is 11.8 Å². The van der Waals surface area contributed by atoms with Crippen LogP contribution in [0.25, 0.3) is 0 Å². The molecule has 0 aliphatic rings. The zero-order valence-corrected chi connectivity index (χ0v) is 7.54. The van der Waals surface area contributed by atoms with Gasteiger partial charge in [-0.25, -0.2) is 4.98 Å². The predicted octanol–water partition coefficient (Wildman–Crippen LogP) is 0.706. The summed E-state index contributed by atoms with van der Waals surface area (Å²) in [7, 11) is 0. The number of aryl methyl sites for hydroxylation is 1. The van der Waals surface area contributed by atoms with Gasteiger partial charge in [0.05, 0.1) is 18.5 Å². The molecule has 3 N–H and O–H groups in total. The average molecular weight is 176 g/mol. The molecule has 0 unspecified atom stereocenters. The van der Waals surface area contributed by atoms with Crippen LogP contribution in [0.15, 0.2) is 12.3 Å². The van der Waals surface area contributed by atoms with Crippen LogP contribution in [0.1, 0.15) is 17.7 Å². The number of nitrogens with two attached hydrogens (primary N) is 1. The van der Waals surface area contributed by atoms with Gasteiger partial charge in [0.1, 0.15) is 5.69 Å². The number of hydrogen-bond acceptors (Lipinski definition) is 3. The van der Waals surface area contributed by atoms with Gasteiger partial charge < -0.3 is 10.8 Å². The third kappa shape index (κ3) is 2.77. The van der Waals surface area contributed by atoms with Crippen molar-refractivity contribution in [3.05, 3.63) is 23.5 Å². The lowest BCUT2D eigenvalue weighted by atomic mass is 10.2. The second kappa shape index (κ2) is 4.48. The summed E-state index contributed by atoms with van der Waals surface area (Å²) >= 11 is 0. The quantitative estimate of drug-likeness (QED) is 0.619. The molecule has 0 atom stereocenters. The first-order valence-corrected chi connectivity index (χ1v) is 4.06. The van der Waals surface area contributed by atoms with Gasteiger partial charge in [0.25, 0.3) is 0 Å². The van der Waals surface area contributed by atoms with Crippen molar-refractivity contribution in [1.29, 1.82) is 0 Å². The van der Waals surface area contributed by atoms with Crippen molar-refractivity contribution in [3.63, 3.8) is 0 Å². The van der Waals surface area contributed by atoms with E-state index in [9.17, 15) is 0 Å². The first kappa shape index (κ1) is 9.56. The van der Waals surface area contributed by atoms with Crippen molar-refractivity contribution in [2.24, 2.45) is 0 Å². The molecule has 68 valence electrons. The molecule has 0 aliphatic heterocycles. The Kier molecular flexibility index (Phi) is 3.30. The molecule has 0 saturated heterocycles. The highest BCUT2D eigenvalue weighted by Gasteiger charge is 1.95. The van der Waals surface area contributed by atoms with E-state index in [-0.39, 0.29) is 6.61 Å². The summed E-state index contributed by atoms with van der Waals surface area (Å²) in [5.41, 5.74) is 7.86. The summed E-state index contributed by atoms with van der Waals surface area (Å²) in [5, 5.41) is 8.51. The third-order valence-corrected chi connectivity index (χ3v) is 1.54. The van der Waals surface area contributed by atoms with Gasteiger partial charge in [-0.05, 0) is 24.5 Å². The lowest BCUT2D eigenvalue weighted by Gasteiger charge is -1.97. The number of hydrogen-bond donors (Lipinski definition) is 2. The largest absolute Gasteiger partial charge is 0.397 e. The fraction of sp³-hybridized carbons (Fsp3) is 0.300. The average Bonchev–Trinajstić information content (AvgIpc) is 2.09. The van der Waals surface area contributed by atoms with E-state index in [1.807, 2.05) is 13.0 Å². The summed E-state index contributed by atoms with van der Waals surface area (Å²) in [4.78, 5) is 4.07. The zero-order chi connectivity index (χ0) is 9.68. The van der Waals surface area contributed by atoms with Crippen LogP contribution in [-0.2, 0) is 0 Å². The molecule has 1 heterocycles. The molecule has 1 rings (SSSR count). The maximum Gasteiger partial charge on any atom is 0.116 e. The Morgan fingerprint density at radius 3 is 3.00 bits per heavy atom. The fourth-order valence-electron chi connectivity index (χ4n) is 0.930. The standard InChI is InChI=1S/C10H12N2O/c1-8-6-9(11)7-12-10(8)4-2-3-5-13/h6-7,13H,3,5,11H2,1H3. The molecular weight excluding hydrogens is 164 g/mol. The normalized spacial score (nSPS) is 9.08. The molecule has 0 aromatic carbocycles. The number of aliphatic hydroxyl groups excluding tert-OH is 1. The van der Waals surface area contributed by atoms with Crippen LogP contribution >= 0.6 is 0 Å². The summed E-state index contributed by atoms with van der Waals surface area (Å²) in [5.74, 6) is 5.67. The van der Waals surface area contributed by atoms with E-state index in [1.54, 1.807) is 6.20 Å². The molecule has 0 saturated carbocycles. The minimum atomic E-state index is 0.0843. The lowest BCUT2D eigenvalue weighted by Crippen LogP contribution is -1.92. The van der Waals surface area contributed by atoms with Gasteiger partial charge in [-0.3, -0.25) is 0 Å². The molecule has 3 heteroatoms. The van der Waals surface area contributed by atoms with Crippen molar-refractivity contribution in [1.82, 2.24) is 4.98 Å². The molecule has 0 radical (unpaired) electrons. The number of anilines is 1. The van der Waals surface area contributed by atoms with Crippen LogP contribution in [-0.4, -0.2) is 16.7 Å². The Balaban J connectivity index is 2.85. The maximum absolute atomic E-state index is 8.51. The Bertz CT molecular complexity index is 350. The topological polar surface area (TPSA) is 59.1 Å². The Morgan fingerprint density at radius 1 is 1.62 bits per heavy atom. The SMILES string of the molecule is Cc1cc(N)cnc1C#CCCO. The predicted molar refractivity (Wildman–Crippen MR) is 52.0 cm³/mol. The number of aliphatic hydroxyl groups is 1. The number of nitrogens with zero attached hydrogens (tertiary/aromatic N) is 1. The van der Waals surface area contributed by atoms with Gasteiger partial charge in [-0.2, -0.15) is 0 Å². The van der Waals surface area contributed by atoms with E-state index < -0.39 is 0 Å². The Hall–Kier alpha value is -1.53. The number of nitrogen functional groups attached to an aromatic ring is 1. The smallest absolute Gasteiger partial charge is 0.116 e. The highest BCUT2D eigenvalue weighted by atomic mass is 16.2. The van der Waals surface area contributed by atoms with E-state index in [1.165, 1.54) is 0 Å². The summed E-state index contributed by atoms with van der Waals surface area (Å²) < 4.78 is 0. The fourth-order valence-corrected chi connectivity index (χ4v) is 0.930. The third-order valence-electron chi connectivity index (χ3n) is 1.54. The number of aromatic nitrogens is 1. The zero-order valence-electron chi connectivity index (χ0n) is 7.54. The van der Waals surface area contributed by atoms with Crippen LogP contribution in [0.5, 0.6) is 0 Å². The van der Waals surface area contributed by atoms with E-state index in [0.717, 1.165) is 11.3 Å². The van der Waals surface area contributed by atoms with E-state index in [0.29, 0.717) is 12.1 Å². The van der Waals surface area contributed by atoms with Gasteiger partial charge in [-0.1, -0.05) is 5.92 Å². The highest BCUT2D eigenvalue weighted by Crippen LogP contribution is 2.07. The molecule has 0 fully saturated rings. The summed E-state index contributed by atoms with van der Waals surface area (Å²) in [6, 6.07) is 1.83. The molecule has 1 aromatic rings. The van der Waals surface area contributed by atoms with E-state index in [2.05, 4.69) is 16.8 Å². The highest BCUT2D eigenvalue weighted by molar-refractivity contribution is 5.44. The first-order chi connectivity index (χ1) is 6.24. The second-order valence-electron chi connectivity index (χ2n) is 2.71. The molecule has 0 spiro atoms. The first-order valence-electron chi connectivity index (χ1n) is 4.06. The van der Waals surface area contributed by atoms with Crippen LogP contribution < -0.4 is 5.73 Å². The second-order valence-corrected chi connectivity index (χ2v) is 2.71. The molecule has 13 heavy (non-hydrogen) atoms. The molecule has 0 amide bonds. The van der Waals surface area contributed by atoms with Gasteiger partial charge in [0, 0.05) is 6.42 Å². The molecule has 0 bridgehead atoms. The minimum Gasteiger partial charge on any atom is -0.397 e. The van der Waals surface area contributed by atoms with Gasteiger partial charge in [0.2, 0.25) is 0 Å². The van der Waals surface area contributed by atoms with Gasteiger partial charge >= 0.3 is 0 Å². The van der Waals surface area contributed by atoms with Gasteiger partial charge in [0.15, 0.2) is 0 Å². The van der Waals surface area contributed by atoms with Crippen molar-refractivity contribution < 1.29 is 5.11 Å². The monoisotopic (exact) mass is 176 g/mol. The van der Waals surface area contributed by atoms with Crippen molar-refractivity contribution in [2.75, 3.05) is 12.3 Å². The molecule has 0 aliphatic carbocycles. The molecular formula is C10H12N2O. The number of rotatable bonds is 1. The molecule has 3 nitrogen and oxygen atoms in total. The Labute approximate surface area is 77.6 Å². The van der Waals surface area contributed by atoms with Crippen LogP contribution in [0.4, 0.5) is 5.69 Å². The van der Waals surface area contributed by atoms with Crippen molar-refractivity contribution in [2.45, 2.75) is 13.3 Å². The summed E-state index contributed by atoms with van der Waals surface area (Å²) in [6.45, 7) is 1.99. The van der Waals surface area contributed by atoms with Crippen LogP contribution in [0.3, 0.4) is 0 Å². The molecule has 1 aromatic heterocycles. The summed E-state index contributed by atoms with van der Waals surface area (Å²) in [6.07, 6.45) is 2.06. The van der Waals surface area contributed by atoms with Crippen LogP contribution in [0, 0.1) is 18.8 Å². The van der Waals surface area contributed by atoms with Gasteiger partial charge in [-0.15, -0.1) is 0 Å².